The number of benzene rings is 3. The molecule has 10 nitrogen and oxygen atoms in total. The molecule has 1 unspecified atom stereocenters. The van der Waals surface area contributed by atoms with Crippen molar-refractivity contribution < 1.29 is 14.4 Å². The second-order valence-corrected chi connectivity index (χ2v) is 9.21. The Bertz CT molecular complexity index is 1240. The quantitative estimate of drug-likeness (QED) is 0.125. The maximum Gasteiger partial charge on any atom is 0.240 e. The van der Waals surface area contributed by atoms with E-state index in [1.54, 1.807) is 24.3 Å². The summed E-state index contributed by atoms with van der Waals surface area (Å²) in [5, 5.41) is 0. The van der Waals surface area contributed by atoms with Gasteiger partial charge in [-0.3, -0.25) is 19.4 Å². The van der Waals surface area contributed by atoms with Crippen molar-refractivity contribution in [3.8, 4) is 0 Å². The standard InChI is InChI=1S/C29H35N7O3/c30-25(27(32)38)22-15-13-19(14-16-22)18-36(23(26(31)37)12-7-17-35-29(33)34)28(39)24(20-8-3-1-4-9-20)21-10-5-2-6-11-21/h1-6,8-11,13-16,23-25H,7,12,17-18,30H2,(H2,31,37)(H2,32,38)(H4,33,34,35)/t23-,25?/m1/s1. The molecule has 3 aromatic rings. The largest absolute Gasteiger partial charge is 0.370 e. The summed E-state index contributed by atoms with van der Waals surface area (Å²) in [5.74, 6) is -2.30. The third kappa shape index (κ3) is 7.89. The summed E-state index contributed by atoms with van der Waals surface area (Å²) in [4.78, 5) is 44.1. The average molecular weight is 530 g/mol. The van der Waals surface area contributed by atoms with Crippen LogP contribution in [0.3, 0.4) is 0 Å². The zero-order chi connectivity index (χ0) is 28.4. The van der Waals surface area contributed by atoms with E-state index in [1.165, 1.54) is 4.90 Å². The van der Waals surface area contributed by atoms with Crippen molar-refractivity contribution in [2.45, 2.75) is 37.4 Å². The van der Waals surface area contributed by atoms with E-state index < -0.39 is 29.8 Å². The van der Waals surface area contributed by atoms with Crippen LogP contribution in [-0.2, 0) is 20.9 Å². The first kappa shape index (κ1) is 28.9. The van der Waals surface area contributed by atoms with Gasteiger partial charge in [-0.05, 0) is 35.1 Å². The van der Waals surface area contributed by atoms with Gasteiger partial charge in [-0.25, -0.2) is 0 Å². The number of nitrogens with two attached hydrogens (primary N) is 5. The summed E-state index contributed by atoms with van der Waals surface area (Å²) >= 11 is 0. The van der Waals surface area contributed by atoms with Crippen LogP contribution < -0.4 is 28.7 Å². The molecule has 0 saturated carbocycles. The first-order valence-electron chi connectivity index (χ1n) is 12.6. The van der Waals surface area contributed by atoms with Crippen LogP contribution in [0.25, 0.3) is 0 Å². The van der Waals surface area contributed by atoms with Crippen LogP contribution in [0, 0.1) is 0 Å². The first-order chi connectivity index (χ1) is 18.7. The Hall–Kier alpha value is -4.70. The van der Waals surface area contributed by atoms with Gasteiger partial charge in [-0.2, -0.15) is 0 Å². The van der Waals surface area contributed by atoms with E-state index in [9.17, 15) is 14.4 Å². The predicted molar refractivity (Wildman–Crippen MR) is 151 cm³/mol. The summed E-state index contributed by atoms with van der Waals surface area (Å²) in [6.07, 6.45) is 0.696. The van der Waals surface area contributed by atoms with Gasteiger partial charge in [-0.1, -0.05) is 84.9 Å². The molecule has 0 bridgehead atoms. The molecule has 204 valence electrons. The highest BCUT2D eigenvalue weighted by Gasteiger charge is 2.34. The molecule has 0 fully saturated rings. The van der Waals surface area contributed by atoms with Crippen LogP contribution in [0.5, 0.6) is 0 Å². The maximum absolute atomic E-state index is 14.4. The Labute approximate surface area is 227 Å². The van der Waals surface area contributed by atoms with Crippen LogP contribution in [0.1, 0.15) is 47.1 Å². The van der Waals surface area contributed by atoms with Crippen LogP contribution in [0.2, 0.25) is 0 Å². The van der Waals surface area contributed by atoms with Gasteiger partial charge in [0, 0.05) is 13.1 Å². The molecule has 10 heteroatoms. The van der Waals surface area contributed by atoms with Gasteiger partial charge in [-0.15, -0.1) is 0 Å². The number of aliphatic imine (C=N–C) groups is 1. The Kier molecular flexibility index (Phi) is 10.2. The monoisotopic (exact) mass is 529 g/mol. The molecule has 3 amide bonds. The molecule has 0 aliphatic heterocycles. The molecule has 3 aromatic carbocycles. The van der Waals surface area contributed by atoms with E-state index in [1.807, 2.05) is 60.7 Å². The zero-order valence-electron chi connectivity index (χ0n) is 21.6. The second kappa shape index (κ2) is 13.7. The number of carbonyl (C=O) groups excluding carboxylic acids is 3. The minimum atomic E-state index is -0.953. The lowest BCUT2D eigenvalue weighted by Gasteiger charge is -2.33. The fourth-order valence-electron chi connectivity index (χ4n) is 4.41. The lowest BCUT2D eigenvalue weighted by molar-refractivity contribution is -0.141. The lowest BCUT2D eigenvalue weighted by Crippen LogP contribution is -2.49. The van der Waals surface area contributed by atoms with Crippen molar-refractivity contribution in [3.63, 3.8) is 0 Å². The lowest BCUT2D eigenvalue weighted by atomic mass is 9.89. The Balaban J connectivity index is 2.02. The highest BCUT2D eigenvalue weighted by Crippen LogP contribution is 2.29. The SMILES string of the molecule is NC(=O)C(N)c1ccc(CN(C(=O)C(c2ccccc2)c2ccccc2)[C@H](CCCN=C(N)N)C(N)=O)cc1. The third-order valence-electron chi connectivity index (χ3n) is 6.43. The van der Waals surface area contributed by atoms with Crippen LogP contribution in [0.4, 0.5) is 0 Å². The van der Waals surface area contributed by atoms with Crippen LogP contribution in [0.15, 0.2) is 89.9 Å². The predicted octanol–water partition coefficient (Wildman–Crippen LogP) is 1.24. The number of nitrogens with zero attached hydrogens (tertiary/aromatic N) is 2. The summed E-state index contributed by atoms with van der Waals surface area (Å²) in [7, 11) is 0. The molecule has 0 aliphatic carbocycles. The van der Waals surface area contributed by atoms with Gasteiger partial charge < -0.3 is 33.6 Å². The summed E-state index contributed by atoms with van der Waals surface area (Å²) in [6.45, 7) is 0.381. The molecule has 0 aromatic heterocycles. The molecule has 0 saturated heterocycles. The Morgan fingerprint density at radius 2 is 1.26 bits per heavy atom. The molecule has 2 atom stereocenters. The number of amides is 3. The fraction of sp³-hybridized carbons (Fsp3) is 0.241. The highest BCUT2D eigenvalue weighted by molar-refractivity contribution is 5.92. The smallest absolute Gasteiger partial charge is 0.240 e. The molecule has 0 spiro atoms. The topological polar surface area (TPSA) is 197 Å². The molecule has 3 rings (SSSR count). The average Bonchev–Trinajstić information content (AvgIpc) is 2.93. The molecule has 0 aliphatic rings. The van der Waals surface area contributed by atoms with E-state index >= 15 is 0 Å². The Morgan fingerprint density at radius 3 is 1.72 bits per heavy atom. The van der Waals surface area contributed by atoms with E-state index in [0.717, 1.165) is 16.7 Å². The normalized spacial score (nSPS) is 12.4. The number of hydrogen-bond donors (Lipinski definition) is 5. The van der Waals surface area contributed by atoms with Crippen LogP contribution >= 0.6 is 0 Å². The van der Waals surface area contributed by atoms with Gasteiger partial charge in [0.15, 0.2) is 5.96 Å². The highest BCUT2D eigenvalue weighted by atomic mass is 16.2. The van der Waals surface area contributed by atoms with Crippen molar-refractivity contribution in [2.75, 3.05) is 6.54 Å². The van der Waals surface area contributed by atoms with Crippen LogP contribution in [-0.4, -0.2) is 41.2 Å². The number of carbonyl (C=O) groups is 3. The van der Waals surface area contributed by atoms with Gasteiger partial charge in [0.2, 0.25) is 17.7 Å². The number of rotatable bonds is 13. The van der Waals surface area contributed by atoms with Crippen molar-refractivity contribution in [2.24, 2.45) is 33.7 Å². The molecular formula is C29H35N7O3. The second-order valence-electron chi connectivity index (χ2n) is 9.21. The van der Waals surface area contributed by atoms with Gasteiger partial charge in [0.1, 0.15) is 12.1 Å². The van der Waals surface area contributed by atoms with Crippen molar-refractivity contribution in [1.82, 2.24) is 4.90 Å². The van der Waals surface area contributed by atoms with Crippen molar-refractivity contribution >= 4 is 23.7 Å². The number of hydrogen-bond acceptors (Lipinski definition) is 5. The summed E-state index contributed by atoms with van der Waals surface area (Å²) in [5.41, 5.74) is 30.7. The minimum absolute atomic E-state index is 0.0546. The molecule has 0 heterocycles. The van der Waals surface area contributed by atoms with E-state index in [2.05, 4.69) is 4.99 Å². The van der Waals surface area contributed by atoms with Gasteiger partial charge in [0.05, 0.1) is 5.92 Å². The molecular weight excluding hydrogens is 494 g/mol. The fourth-order valence-corrected chi connectivity index (χ4v) is 4.41. The first-order valence-corrected chi connectivity index (χ1v) is 12.6. The Morgan fingerprint density at radius 1 is 0.718 bits per heavy atom. The van der Waals surface area contributed by atoms with E-state index in [-0.39, 0.29) is 31.4 Å². The zero-order valence-corrected chi connectivity index (χ0v) is 21.6. The summed E-state index contributed by atoms with van der Waals surface area (Å²) in [6, 6.07) is 23.7. The van der Waals surface area contributed by atoms with Crippen molar-refractivity contribution in [3.05, 3.63) is 107 Å². The maximum atomic E-state index is 14.4. The van der Waals surface area contributed by atoms with Crippen molar-refractivity contribution in [1.29, 1.82) is 0 Å². The van der Waals surface area contributed by atoms with E-state index in [0.29, 0.717) is 12.0 Å². The number of guanidine groups is 1. The third-order valence-corrected chi connectivity index (χ3v) is 6.43. The molecule has 10 N–H and O–H groups in total. The van der Waals surface area contributed by atoms with E-state index in [4.69, 9.17) is 28.7 Å². The van der Waals surface area contributed by atoms with Gasteiger partial charge in [0.25, 0.3) is 0 Å². The van der Waals surface area contributed by atoms with Gasteiger partial charge >= 0.3 is 0 Å². The number of primary amides is 2. The minimum Gasteiger partial charge on any atom is -0.370 e. The summed E-state index contributed by atoms with van der Waals surface area (Å²) < 4.78 is 0. The molecule has 39 heavy (non-hydrogen) atoms. The molecule has 0 radical (unpaired) electrons.